The summed E-state index contributed by atoms with van der Waals surface area (Å²) in [5.74, 6) is -0.738. The van der Waals surface area contributed by atoms with Gasteiger partial charge in [0.2, 0.25) is 5.88 Å². The number of nitrogens with one attached hydrogen (secondary N) is 1. The Balaban J connectivity index is 2.26. The summed E-state index contributed by atoms with van der Waals surface area (Å²) in [5, 5.41) is 7.57. The minimum absolute atomic E-state index is 0.118. The summed E-state index contributed by atoms with van der Waals surface area (Å²) in [4.78, 5) is 0. The van der Waals surface area contributed by atoms with Crippen LogP contribution in [0.5, 0.6) is 11.6 Å². The second-order valence-electron chi connectivity index (χ2n) is 4.88. The lowest BCUT2D eigenvalue weighted by Gasteiger charge is -2.10. The van der Waals surface area contributed by atoms with Crippen LogP contribution in [0.15, 0.2) is 18.2 Å². The molecular weight excluding hydrogens is 276 g/mol. The highest BCUT2D eigenvalue weighted by molar-refractivity contribution is 5.36. The van der Waals surface area contributed by atoms with Gasteiger partial charge >= 0.3 is 0 Å². The standard InChI is InChI=1S/C15H19F2N3O/c1-4-5-18-9-14-10(2)19-20(3)15(14)21-13-7-11(16)6-12(17)8-13/h6-8,18H,4-5,9H2,1-3H3. The van der Waals surface area contributed by atoms with Crippen molar-refractivity contribution in [3.63, 3.8) is 0 Å². The monoisotopic (exact) mass is 295 g/mol. The molecule has 114 valence electrons. The molecule has 6 heteroatoms. The highest BCUT2D eigenvalue weighted by Gasteiger charge is 2.15. The fourth-order valence-corrected chi connectivity index (χ4v) is 2.10. The minimum Gasteiger partial charge on any atom is -0.439 e. The molecule has 1 heterocycles. The van der Waals surface area contributed by atoms with Crippen LogP contribution in [0.2, 0.25) is 0 Å². The van der Waals surface area contributed by atoms with Crippen molar-refractivity contribution in [1.29, 1.82) is 0 Å². The average Bonchev–Trinajstić information content (AvgIpc) is 2.64. The Bertz CT molecular complexity index is 605. The van der Waals surface area contributed by atoms with Crippen molar-refractivity contribution in [1.82, 2.24) is 15.1 Å². The lowest BCUT2D eigenvalue weighted by atomic mass is 10.2. The van der Waals surface area contributed by atoms with E-state index in [0.717, 1.165) is 42.4 Å². The van der Waals surface area contributed by atoms with Gasteiger partial charge in [-0.3, -0.25) is 0 Å². The molecule has 0 saturated heterocycles. The van der Waals surface area contributed by atoms with E-state index in [2.05, 4.69) is 17.3 Å². The predicted octanol–water partition coefficient (Wildman–Crippen LogP) is 3.30. The molecule has 0 fully saturated rings. The number of hydrogen-bond acceptors (Lipinski definition) is 3. The van der Waals surface area contributed by atoms with Crippen LogP contribution < -0.4 is 10.1 Å². The molecule has 1 N–H and O–H groups in total. The van der Waals surface area contributed by atoms with Crippen LogP contribution >= 0.6 is 0 Å². The van der Waals surface area contributed by atoms with Crippen molar-refractivity contribution in [2.75, 3.05) is 6.54 Å². The molecule has 0 bridgehead atoms. The quantitative estimate of drug-likeness (QED) is 0.831. The number of ether oxygens (including phenoxy) is 1. The van der Waals surface area contributed by atoms with Crippen LogP contribution in [0.1, 0.15) is 24.6 Å². The van der Waals surface area contributed by atoms with Gasteiger partial charge in [0.15, 0.2) is 0 Å². The Morgan fingerprint density at radius 2 is 1.90 bits per heavy atom. The van der Waals surface area contributed by atoms with Crippen LogP contribution in [-0.4, -0.2) is 16.3 Å². The average molecular weight is 295 g/mol. The second-order valence-corrected chi connectivity index (χ2v) is 4.88. The van der Waals surface area contributed by atoms with Gasteiger partial charge in [-0.15, -0.1) is 0 Å². The van der Waals surface area contributed by atoms with Gasteiger partial charge in [-0.1, -0.05) is 6.92 Å². The van der Waals surface area contributed by atoms with Crippen molar-refractivity contribution >= 4 is 0 Å². The molecule has 2 rings (SSSR count). The van der Waals surface area contributed by atoms with Crippen LogP contribution in [-0.2, 0) is 13.6 Å². The van der Waals surface area contributed by atoms with E-state index in [9.17, 15) is 8.78 Å². The van der Waals surface area contributed by atoms with Crippen molar-refractivity contribution in [2.24, 2.45) is 7.05 Å². The largest absolute Gasteiger partial charge is 0.439 e. The number of rotatable bonds is 6. The summed E-state index contributed by atoms with van der Waals surface area (Å²) >= 11 is 0. The third-order valence-corrected chi connectivity index (χ3v) is 3.07. The van der Waals surface area contributed by atoms with E-state index < -0.39 is 11.6 Å². The summed E-state index contributed by atoms with van der Waals surface area (Å²) < 4.78 is 33.7. The van der Waals surface area contributed by atoms with Crippen LogP contribution in [0.25, 0.3) is 0 Å². The smallest absolute Gasteiger partial charge is 0.222 e. The van der Waals surface area contributed by atoms with Gasteiger partial charge < -0.3 is 10.1 Å². The Morgan fingerprint density at radius 3 is 2.52 bits per heavy atom. The molecule has 1 aromatic heterocycles. The van der Waals surface area contributed by atoms with Gasteiger partial charge in [-0.05, 0) is 19.9 Å². The highest BCUT2D eigenvalue weighted by Crippen LogP contribution is 2.28. The number of halogens is 2. The summed E-state index contributed by atoms with van der Waals surface area (Å²) in [6.45, 7) is 5.43. The van der Waals surface area contributed by atoms with Crippen LogP contribution in [0, 0.1) is 18.6 Å². The van der Waals surface area contributed by atoms with E-state index >= 15 is 0 Å². The first-order chi connectivity index (χ1) is 10.0. The molecule has 0 radical (unpaired) electrons. The fraction of sp³-hybridized carbons (Fsp3) is 0.400. The lowest BCUT2D eigenvalue weighted by Crippen LogP contribution is -2.14. The number of hydrogen-bond donors (Lipinski definition) is 1. The Hall–Kier alpha value is -1.95. The first-order valence-electron chi connectivity index (χ1n) is 6.88. The van der Waals surface area contributed by atoms with Crippen LogP contribution in [0.4, 0.5) is 8.78 Å². The molecule has 0 saturated carbocycles. The maximum atomic E-state index is 13.2. The van der Waals surface area contributed by atoms with Crippen molar-refractivity contribution in [3.8, 4) is 11.6 Å². The fourth-order valence-electron chi connectivity index (χ4n) is 2.10. The molecule has 2 aromatic rings. The normalized spacial score (nSPS) is 10.9. The topological polar surface area (TPSA) is 39.1 Å². The zero-order valence-electron chi connectivity index (χ0n) is 12.4. The SMILES string of the molecule is CCCNCc1c(C)nn(C)c1Oc1cc(F)cc(F)c1. The molecule has 0 aliphatic heterocycles. The van der Waals surface area contributed by atoms with Gasteiger partial charge in [0, 0.05) is 31.8 Å². The number of aryl methyl sites for hydroxylation is 2. The van der Waals surface area contributed by atoms with E-state index in [1.807, 2.05) is 6.92 Å². The summed E-state index contributed by atoms with van der Waals surface area (Å²) in [6, 6.07) is 3.11. The molecule has 1 aromatic carbocycles. The Morgan fingerprint density at radius 1 is 1.24 bits per heavy atom. The minimum atomic E-state index is -0.672. The molecule has 4 nitrogen and oxygen atoms in total. The van der Waals surface area contributed by atoms with Gasteiger partial charge in [0.1, 0.15) is 17.4 Å². The van der Waals surface area contributed by atoms with E-state index in [1.54, 1.807) is 11.7 Å². The lowest BCUT2D eigenvalue weighted by molar-refractivity contribution is 0.416. The van der Waals surface area contributed by atoms with E-state index in [-0.39, 0.29) is 5.75 Å². The molecular formula is C15H19F2N3O. The van der Waals surface area contributed by atoms with Gasteiger partial charge in [-0.2, -0.15) is 5.10 Å². The summed E-state index contributed by atoms with van der Waals surface area (Å²) in [6.07, 6.45) is 1.02. The number of nitrogens with zero attached hydrogens (tertiary/aromatic N) is 2. The highest BCUT2D eigenvalue weighted by atomic mass is 19.1. The maximum absolute atomic E-state index is 13.2. The maximum Gasteiger partial charge on any atom is 0.222 e. The van der Waals surface area contributed by atoms with Crippen molar-refractivity contribution in [3.05, 3.63) is 41.1 Å². The van der Waals surface area contributed by atoms with Gasteiger partial charge in [0.05, 0.1) is 11.3 Å². The van der Waals surface area contributed by atoms with Gasteiger partial charge in [0.25, 0.3) is 0 Å². The number of aromatic nitrogens is 2. The Kier molecular flexibility index (Phi) is 4.90. The number of benzene rings is 1. The van der Waals surface area contributed by atoms with Crippen molar-refractivity contribution < 1.29 is 13.5 Å². The summed E-state index contributed by atoms with van der Waals surface area (Å²) in [7, 11) is 1.74. The van der Waals surface area contributed by atoms with Crippen molar-refractivity contribution in [2.45, 2.75) is 26.8 Å². The van der Waals surface area contributed by atoms with Gasteiger partial charge in [-0.25, -0.2) is 13.5 Å². The zero-order chi connectivity index (χ0) is 15.4. The molecule has 0 amide bonds. The first kappa shape index (κ1) is 15.4. The molecule has 0 aliphatic rings. The molecule has 0 atom stereocenters. The van der Waals surface area contributed by atoms with Crippen LogP contribution in [0.3, 0.4) is 0 Å². The van der Waals surface area contributed by atoms with E-state index in [0.29, 0.717) is 12.4 Å². The first-order valence-corrected chi connectivity index (χ1v) is 6.88. The predicted molar refractivity (Wildman–Crippen MR) is 76.4 cm³/mol. The third-order valence-electron chi connectivity index (χ3n) is 3.07. The van der Waals surface area contributed by atoms with E-state index in [4.69, 9.17) is 4.74 Å². The third kappa shape index (κ3) is 3.78. The Labute approximate surface area is 122 Å². The molecule has 0 aliphatic carbocycles. The second kappa shape index (κ2) is 6.67. The summed E-state index contributed by atoms with van der Waals surface area (Å²) in [5.41, 5.74) is 1.71. The van der Waals surface area contributed by atoms with E-state index in [1.165, 1.54) is 0 Å². The molecule has 21 heavy (non-hydrogen) atoms. The zero-order valence-corrected chi connectivity index (χ0v) is 12.4. The molecule has 0 spiro atoms. The molecule has 0 unspecified atom stereocenters.